The number of nitrogen functional groups attached to an aromatic ring is 1. The van der Waals surface area contributed by atoms with E-state index in [2.05, 4.69) is 30.2 Å². The molecule has 0 saturated carbocycles. The molecule has 35 heavy (non-hydrogen) atoms. The van der Waals surface area contributed by atoms with E-state index in [4.69, 9.17) is 10.5 Å². The molecule has 1 aliphatic rings. The molecule has 0 aliphatic carbocycles. The van der Waals surface area contributed by atoms with Gasteiger partial charge >= 0.3 is 0 Å². The monoisotopic (exact) mass is 483 g/mol. The number of carbonyl (C=O) groups excluding carboxylic acids is 1. The summed E-state index contributed by atoms with van der Waals surface area (Å²) in [6.45, 7) is 5.77. The van der Waals surface area contributed by atoms with Crippen LogP contribution in [0.15, 0.2) is 30.6 Å². The van der Waals surface area contributed by atoms with Crippen molar-refractivity contribution in [3.8, 4) is 28.5 Å². The standard InChI is InChI=1S/C24H27F2N7O2/c1-4-35-18-7-6-14(11-28-18)16-10-15(23(34)32-24(2)8-5-9-33(3)13-24)19(25)20(30-16)17-12-29-22(27)21(26)31-17/h6-7,10-12H,4-5,8-9,13H2,1-3H3,(H2,27,29)(H,32,34)/t24-/m0/s1. The van der Waals surface area contributed by atoms with Crippen LogP contribution in [0.5, 0.6) is 5.88 Å². The van der Waals surface area contributed by atoms with Crippen LogP contribution in [-0.2, 0) is 0 Å². The Bertz CT molecular complexity index is 1240. The predicted octanol–water partition coefficient (Wildman–Crippen LogP) is 3.07. The Hall–Kier alpha value is -3.73. The molecule has 0 unspecified atom stereocenters. The molecule has 4 rings (SSSR count). The van der Waals surface area contributed by atoms with Crippen LogP contribution in [0.4, 0.5) is 14.6 Å². The van der Waals surface area contributed by atoms with Gasteiger partial charge in [0.1, 0.15) is 11.4 Å². The number of ether oxygens (including phenoxy) is 1. The van der Waals surface area contributed by atoms with E-state index in [-0.39, 0.29) is 22.6 Å². The lowest BCUT2D eigenvalue weighted by Crippen LogP contribution is -2.56. The predicted molar refractivity (Wildman–Crippen MR) is 127 cm³/mol. The van der Waals surface area contributed by atoms with Gasteiger partial charge in [0.25, 0.3) is 11.9 Å². The van der Waals surface area contributed by atoms with Crippen molar-refractivity contribution in [3.05, 3.63) is 47.9 Å². The van der Waals surface area contributed by atoms with E-state index >= 15 is 4.39 Å². The summed E-state index contributed by atoms with van der Waals surface area (Å²) in [5, 5.41) is 2.97. The van der Waals surface area contributed by atoms with Crippen molar-refractivity contribution in [2.45, 2.75) is 32.2 Å². The van der Waals surface area contributed by atoms with Gasteiger partial charge in [0.2, 0.25) is 5.88 Å². The van der Waals surface area contributed by atoms with Gasteiger partial charge in [-0.1, -0.05) is 0 Å². The summed E-state index contributed by atoms with van der Waals surface area (Å²) in [4.78, 5) is 31.4. The first-order valence-electron chi connectivity index (χ1n) is 11.3. The highest BCUT2D eigenvalue weighted by molar-refractivity contribution is 5.97. The number of carbonyl (C=O) groups is 1. The zero-order valence-electron chi connectivity index (χ0n) is 19.8. The molecule has 0 bridgehead atoms. The van der Waals surface area contributed by atoms with Gasteiger partial charge in [-0.2, -0.15) is 4.39 Å². The van der Waals surface area contributed by atoms with Crippen molar-refractivity contribution in [3.63, 3.8) is 0 Å². The zero-order valence-corrected chi connectivity index (χ0v) is 19.8. The fourth-order valence-electron chi connectivity index (χ4n) is 4.20. The van der Waals surface area contributed by atoms with E-state index in [1.807, 2.05) is 20.9 Å². The first-order chi connectivity index (χ1) is 16.7. The summed E-state index contributed by atoms with van der Waals surface area (Å²) < 4.78 is 35.1. The van der Waals surface area contributed by atoms with Gasteiger partial charge in [-0.15, -0.1) is 0 Å². The Morgan fingerprint density at radius 2 is 2.03 bits per heavy atom. The molecule has 3 aromatic rings. The van der Waals surface area contributed by atoms with Gasteiger partial charge in [-0.25, -0.2) is 24.3 Å². The third-order valence-electron chi connectivity index (χ3n) is 5.83. The van der Waals surface area contributed by atoms with E-state index in [9.17, 15) is 9.18 Å². The van der Waals surface area contributed by atoms with Crippen molar-refractivity contribution in [2.24, 2.45) is 0 Å². The first-order valence-corrected chi connectivity index (χ1v) is 11.3. The van der Waals surface area contributed by atoms with Crippen molar-refractivity contribution in [1.82, 2.24) is 30.2 Å². The van der Waals surface area contributed by atoms with E-state index < -0.39 is 29.0 Å². The summed E-state index contributed by atoms with van der Waals surface area (Å²) in [7, 11) is 1.97. The highest BCUT2D eigenvalue weighted by Gasteiger charge is 2.33. The largest absolute Gasteiger partial charge is 0.478 e. The number of hydrogen-bond donors (Lipinski definition) is 2. The van der Waals surface area contributed by atoms with Crippen LogP contribution >= 0.6 is 0 Å². The highest BCUT2D eigenvalue weighted by atomic mass is 19.1. The molecule has 0 radical (unpaired) electrons. The summed E-state index contributed by atoms with van der Waals surface area (Å²) in [6, 6.07) is 4.68. The number of nitrogens with zero attached hydrogens (tertiary/aromatic N) is 5. The number of amides is 1. The van der Waals surface area contributed by atoms with E-state index in [1.54, 1.807) is 12.1 Å². The average molecular weight is 484 g/mol. The van der Waals surface area contributed by atoms with Crippen molar-refractivity contribution >= 4 is 11.7 Å². The number of aromatic nitrogens is 4. The highest BCUT2D eigenvalue weighted by Crippen LogP contribution is 2.29. The van der Waals surface area contributed by atoms with E-state index in [0.29, 0.717) is 24.6 Å². The van der Waals surface area contributed by atoms with E-state index in [1.165, 1.54) is 12.3 Å². The molecule has 0 aromatic carbocycles. The fourth-order valence-corrected chi connectivity index (χ4v) is 4.20. The molecule has 11 heteroatoms. The number of halogens is 2. The van der Waals surface area contributed by atoms with Crippen LogP contribution in [0.2, 0.25) is 0 Å². The topological polar surface area (TPSA) is 119 Å². The average Bonchev–Trinajstić information content (AvgIpc) is 2.81. The minimum Gasteiger partial charge on any atom is -0.478 e. The van der Waals surface area contributed by atoms with Crippen LogP contribution in [0.1, 0.15) is 37.0 Å². The van der Waals surface area contributed by atoms with Crippen LogP contribution in [0, 0.1) is 11.8 Å². The second kappa shape index (κ2) is 9.87. The summed E-state index contributed by atoms with van der Waals surface area (Å²) >= 11 is 0. The quantitative estimate of drug-likeness (QED) is 0.549. The maximum absolute atomic E-state index is 15.7. The maximum Gasteiger partial charge on any atom is 0.256 e. The van der Waals surface area contributed by atoms with Crippen molar-refractivity contribution < 1.29 is 18.3 Å². The van der Waals surface area contributed by atoms with Crippen molar-refractivity contribution in [2.75, 3.05) is 32.5 Å². The third kappa shape index (κ3) is 5.35. The number of likely N-dealkylation sites (N-methyl/N-ethyl adjacent to an activating group) is 1. The van der Waals surface area contributed by atoms with Gasteiger partial charge in [0, 0.05) is 24.4 Å². The second-order valence-corrected chi connectivity index (χ2v) is 8.82. The third-order valence-corrected chi connectivity index (χ3v) is 5.83. The Balaban J connectivity index is 1.79. The molecule has 1 atom stereocenters. The van der Waals surface area contributed by atoms with Crippen LogP contribution < -0.4 is 15.8 Å². The second-order valence-electron chi connectivity index (χ2n) is 8.82. The van der Waals surface area contributed by atoms with Crippen molar-refractivity contribution in [1.29, 1.82) is 0 Å². The Labute approximate surface area is 201 Å². The lowest BCUT2D eigenvalue weighted by Gasteiger charge is -2.39. The minimum atomic E-state index is -1.06. The van der Waals surface area contributed by atoms with Gasteiger partial charge in [0.05, 0.1) is 29.6 Å². The van der Waals surface area contributed by atoms with Gasteiger partial charge in [-0.05, 0) is 52.4 Å². The maximum atomic E-state index is 15.7. The molecule has 184 valence electrons. The number of piperidine rings is 1. The van der Waals surface area contributed by atoms with Gasteiger partial charge < -0.3 is 20.7 Å². The molecule has 1 fully saturated rings. The molecule has 9 nitrogen and oxygen atoms in total. The fraction of sp³-hybridized carbons (Fsp3) is 0.375. The molecule has 1 amide bonds. The normalized spacial score (nSPS) is 18.3. The molecular weight excluding hydrogens is 456 g/mol. The first kappa shape index (κ1) is 24.4. The number of rotatable bonds is 6. The summed E-state index contributed by atoms with van der Waals surface area (Å²) in [5.41, 5.74) is 4.90. The molecule has 3 N–H and O–H groups in total. The zero-order chi connectivity index (χ0) is 25.2. The molecule has 4 heterocycles. The Kier molecular flexibility index (Phi) is 6.88. The number of anilines is 1. The molecule has 0 spiro atoms. The van der Waals surface area contributed by atoms with Gasteiger partial charge in [0.15, 0.2) is 11.6 Å². The Morgan fingerprint density at radius 3 is 2.69 bits per heavy atom. The molecular formula is C24H27F2N7O2. The van der Waals surface area contributed by atoms with Crippen LogP contribution in [-0.4, -0.2) is 63.0 Å². The SMILES string of the molecule is CCOc1ccc(-c2cc(C(=O)N[C@@]3(C)CCCN(C)C3)c(F)c(-c3cnc(N)c(F)n3)n2)cn1. The lowest BCUT2D eigenvalue weighted by molar-refractivity contribution is 0.0834. The van der Waals surface area contributed by atoms with Gasteiger partial charge in [-0.3, -0.25) is 4.79 Å². The number of pyridine rings is 2. The molecule has 3 aromatic heterocycles. The number of likely N-dealkylation sites (tertiary alicyclic amines) is 1. The minimum absolute atomic E-state index is 0.187. The van der Waals surface area contributed by atoms with E-state index in [0.717, 1.165) is 25.6 Å². The number of hydrogen-bond acceptors (Lipinski definition) is 8. The Morgan fingerprint density at radius 1 is 1.23 bits per heavy atom. The number of nitrogens with one attached hydrogen (secondary N) is 1. The smallest absolute Gasteiger partial charge is 0.256 e. The van der Waals surface area contributed by atoms with Crippen LogP contribution in [0.3, 0.4) is 0 Å². The summed E-state index contributed by atoms with van der Waals surface area (Å²) in [5.74, 6) is -2.60. The molecule has 1 aliphatic heterocycles. The summed E-state index contributed by atoms with van der Waals surface area (Å²) in [6.07, 6.45) is 4.28. The number of nitrogens with two attached hydrogens (primary N) is 1. The molecule has 1 saturated heterocycles. The lowest BCUT2D eigenvalue weighted by atomic mass is 9.91. The van der Waals surface area contributed by atoms with Crippen LogP contribution in [0.25, 0.3) is 22.6 Å².